The van der Waals surface area contributed by atoms with Crippen LogP contribution in [0, 0.1) is 6.92 Å². The first-order chi connectivity index (χ1) is 14.0. The molecule has 1 heterocycles. The Kier molecular flexibility index (Phi) is 6.29. The fourth-order valence-corrected chi connectivity index (χ4v) is 2.81. The average molecular weight is 394 g/mol. The van der Waals surface area contributed by atoms with Crippen LogP contribution in [0.3, 0.4) is 0 Å². The van der Waals surface area contributed by atoms with Crippen LogP contribution >= 0.6 is 0 Å². The van der Waals surface area contributed by atoms with E-state index in [9.17, 15) is 4.79 Å². The zero-order valence-corrected chi connectivity index (χ0v) is 16.6. The summed E-state index contributed by atoms with van der Waals surface area (Å²) in [5, 5.41) is 3.93. The van der Waals surface area contributed by atoms with Crippen LogP contribution in [0.25, 0.3) is 11.4 Å². The van der Waals surface area contributed by atoms with Crippen molar-refractivity contribution in [3.05, 3.63) is 71.6 Å². The predicted molar refractivity (Wildman–Crippen MR) is 107 cm³/mol. The highest BCUT2D eigenvalue weighted by atomic mass is 16.6. The molecule has 0 aliphatic rings. The number of methoxy groups -OCH3 is 2. The van der Waals surface area contributed by atoms with E-state index in [0.29, 0.717) is 29.3 Å². The molecule has 150 valence electrons. The molecule has 29 heavy (non-hydrogen) atoms. The number of carbonyl (C=O) groups is 1. The number of rotatable bonds is 8. The largest absolute Gasteiger partial charge is 0.493 e. The number of esters is 1. The number of benzene rings is 2. The van der Waals surface area contributed by atoms with E-state index in [0.717, 1.165) is 16.7 Å². The second-order valence-corrected chi connectivity index (χ2v) is 6.32. The summed E-state index contributed by atoms with van der Waals surface area (Å²) < 4.78 is 21.2. The van der Waals surface area contributed by atoms with Gasteiger partial charge in [-0.15, -0.1) is 6.58 Å². The molecule has 0 aliphatic heterocycles. The van der Waals surface area contributed by atoms with Gasteiger partial charge in [-0.2, -0.15) is 4.98 Å². The molecule has 0 atom stereocenters. The molecule has 0 aliphatic carbocycles. The molecule has 1 aromatic heterocycles. The molecule has 0 amide bonds. The third kappa shape index (κ3) is 4.63. The summed E-state index contributed by atoms with van der Waals surface area (Å²) in [5.41, 5.74) is 3.06. The molecule has 7 heteroatoms. The number of ether oxygens (including phenoxy) is 3. The maximum Gasteiger partial charge on any atom is 0.338 e. The van der Waals surface area contributed by atoms with Crippen molar-refractivity contribution in [1.29, 1.82) is 0 Å². The highest BCUT2D eigenvalue weighted by molar-refractivity contribution is 5.90. The topological polar surface area (TPSA) is 83.7 Å². The van der Waals surface area contributed by atoms with Crippen molar-refractivity contribution >= 4 is 5.97 Å². The Labute approximate surface area is 168 Å². The van der Waals surface area contributed by atoms with E-state index in [1.54, 1.807) is 25.3 Å². The lowest BCUT2D eigenvalue weighted by Gasteiger charge is -2.13. The fourth-order valence-electron chi connectivity index (χ4n) is 2.81. The van der Waals surface area contributed by atoms with Crippen LogP contribution < -0.4 is 9.47 Å². The Morgan fingerprint density at radius 2 is 1.93 bits per heavy atom. The number of allylic oxidation sites excluding steroid dienone is 1. The van der Waals surface area contributed by atoms with Crippen LogP contribution in [-0.2, 0) is 17.8 Å². The SMILES string of the molecule is C=CCc1cc(C(=O)OCc2nc(-c3ccc(C)cc3)no2)cc(OC)c1OC. The van der Waals surface area contributed by atoms with Crippen LogP contribution in [0.15, 0.2) is 53.6 Å². The van der Waals surface area contributed by atoms with Crippen molar-refractivity contribution in [2.24, 2.45) is 0 Å². The first kappa shape index (κ1) is 20.1. The highest BCUT2D eigenvalue weighted by Gasteiger charge is 2.18. The molecular weight excluding hydrogens is 372 g/mol. The van der Waals surface area contributed by atoms with Crippen molar-refractivity contribution in [2.75, 3.05) is 14.2 Å². The molecule has 0 bridgehead atoms. The minimum atomic E-state index is -0.536. The zero-order valence-electron chi connectivity index (χ0n) is 16.6. The average Bonchev–Trinajstić information content (AvgIpc) is 3.21. The maximum absolute atomic E-state index is 12.5. The number of carbonyl (C=O) groups excluding carboxylic acids is 1. The van der Waals surface area contributed by atoms with Gasteiger partial charge in [0.15, 0.2) is 18.1 Å². The van der Waals surface area contributed by atoms with Gasteiger partial charge >= 0.3 is 5.97 Å². The van der Waals surface area contributed by atoms with Crippen molar-refractivity contribution in [1.82, 2.24) is 10.1 Å². The molecule has 7 nitrogen and oxygen atoms in total. The maximum atomic E-state index is 12.5. The van der Waals surface area contributed by atoms with Gasteiger partial charge in [0, 0.05) is 11.1 Å². The summed E-state index contributed by atoms with van der Waals surface area (Å²) in [6.07, 6.45) is 2.24. The van der Waals surface area contributed by atoms with Crippen LogP contribution in [0.4, 0.5) is 0 Å². The number of aromatic nitrogens is 2. The highest BCUT2D eigenvalue weighted by Crippen LogP contribution is 2.33. The fraction of sp³-hybridized carbons (Fsp3) is 0.227. The molecule has 0 saturated carbocycles. The van der Waals surface area contributed by atoms with Crippen molar-refractivity contribution in [3.8, 4) is 22.9 Å². The number of aryl methyl sites for hydroxylation is 1. The van der Waals surface area contributed by atoms with Crippen LogP contribution in [0.2, 0.25) is 0 Å². The number of hydrogen-bond acceptors (Lipinski definition) is 7. The molecule has 0 N–H and O–H groups in total. The summed E-state index contributed by atoms with van der Waals surface area (Å²) in [6, 6.07) is 11.0. The van der Waals surface area contributed by atoms with Gasteiger partial charge in [-0.05, 0) is 25.5 Å². The Hall–Kier alpha value is -3.61. The summed E-state index contributed by atoms with van der Waals surface area (Å²) >= 11 is 0. The summed E-state index contributed by atoms with van der Waals surface area (Å²) in [6.45, 7) is 5.59. The Morgan fingerprint density at radius 1 is 1.17 bits per heavy atom. The van der Waals surface area contributed by atoms with Crippen LogP contribution in [-0.4, -0.2) is 30.3 Å². The molecule has 0 saturated heterocycles. The van der Waals surface area contributed by atoms with E-state index in [4.69, 9.17) is 18.7 Å². The van der Waals surface area contributed by atoms with Crippen molar-refractivity contribution in [3.63, 3.8) is 0 Å². The Morgan fingerprint density at radius 3 is 2.59 bits per heavy atom. The molecule has 3 aromatic rings. The van der Waals surface area contributed by atoms with Gasteiger partial charge in [0.2, 0.25) is 5.82 Å². The standard InChI is InChI=1S/C22H22N2O5/c1-5-6-16-11-17(12-18(26-3)20(16)27-4)22(25)28-13-19-23-21(24-29-19)15-9-7-14(2)8-10-15/h5,7-12H,1,6,13H2,2-4H3. The smallest absolute Gasteiger partial charge is 0.338 e. The monoisotopic (exact) mass is 394 g/mol. The summed E-state index contributed by atoms with van der Waals surface area (Å²) in [5.74, 6) is 1.12. The van der Waals surface area contributed by atoms with Gasteiger partial charge in [-0.1, -0.05) is 41.1 Å². The predicted octanol–water partition coefficient (Wildman–Crippen LogP) is 4.15. The molecule has 0 unspecified atom stereocenters. The number of hydrogen-bond donors (Lipinski definition) is 0. The van der Waals surface area contributed by atoms with E-state index < -0.39 is 5.97 Å². The second-order valence-electron chi connectivity index (χ2n) is 6.32. The first-order valence-corrected chi connectivity index (χ1v) is 8.98. The van der Waals surface area contributed by atoms with Gasteiger partial charge in [0.1, 0.15) is 0 Å². The molecule has 2 aromatic carbocycles. The summed E-state index contributed by atoms with van der Waals surface area (Å²) in [7, 11) is 3.05. The molecule has 0 spiro atoms. The van der Waals surface area contributed by atoms with E-state index in [-0.39, 0.29) is 12.5 Å². The van der Waals surface area contributed by atoms with Gasteiger partial charge in [-0.25, -0.2) is 4.79 Å². The third-order valence-corrected chi connectivity index (χ3v) is 4.26. The van der Waals surface area contributed by atoms with E-state index >= 15 is 0 Å². The minimum absolute atomic E-state index is 0.136. The van der Waals surface area contributed by atoms with Crippen molar-refractivity contribution < 1.29 is 23.5 Å². The molecule has 3 rings (SSSR count). The first-order valence-electron chi connectivity index (χ1n) is 8.98. The van der Waals surface area contributed by atoms with Crippen LogP contribution in [0.5, 0.6) is 11.5 Å². The molecule has 0 radical (unpaired) electrons. The van der Waals surface area contributed by atoms with E-state index in [1.165, 1.54) is 7.11 Å². The lowest BCUT2D eigenvalue weighted by Crippen LogP contribution is -2.07. The summed E-state index contributed by atoms with van der Waals surface area (Å²) in [4.78, 5) is 16.8. The number of nitrogens with zero attached hydrogens (tertiary/aromatic N) is 2. The normalized spacial score (nSPS) is 10.4. The van der Waals surface area contributed by atoms with E-state index in [1.807, 2.05) is 31.2 Å². The van der Waals surface area contributed by atoms with Gasteiger partial charge in [-0.3, -0.25) is 0 Å². The quantitative estimate of drug-likeness (QED) is 0.419. The molecule has 0 fully saturated rings. The molecular formula is C22H22N2O5. The Bertz CT molecular complexity index is 1010. The van der Waals surface area contributed by atoms with Crippen LogP contribution in [0.1, 0.15) is 27.4 Å². The van der Waals surface area contributed by atoms with Gasteiger partial charge in [0.25, 0.3) is 5.89 Å². The zero-order chi connectivity index (χ0) is 20.8. The minimum Gasteiger partial charge on any atom is -0.493 e. The lowest BCUT2D eigenvalue weighted by atomic mass is 10.1. The lowest BCUT2D eigenvalue weighted by molar-refractivity contribution is 0.0429. The van der Waals surface area contributed by atoms with Gasteiger partial charge < -0.3 is 18.7 Å². The van der Waals surface area contributed by atoms with E-state index in [2.05, 4.69) is 16.7 Å². The van der Waals surface area contributed by atoms with Crippen molar-refractivity contribution in [2.45, 2.75) is 20.0 Å². The third-order valence-electron chi connectivity index (χ3n) is 4.26. The second kappa shape index (κ2) is 9.05. The van der Waals surface area contributed by atoms with Gasteiger partial charge in [0.05, 0.1) is 19.8 Å². The Balaban J connectivity index is 1.73.